The minimum absolute atomic E-state index is 0.00994. The van der Waals surface area contributed by atoms with Gasteiger partial charge in [0.2, 0.25) is 0 Å². The summed E-state index contributed by atoms with van der Waals surface area (Å²) >= 11 is 0. The van der Waals surface area contributed by atoms with Crippen molar-refractivity contribution in [3.8, 4) is 11.5 Å². The summed E-state index contributed by atoms with van der Waals surface area (Å²) in [4.78, 5) is 17.9. The van der Waals surface area contributed by atoms with Crippen LogP contribution in [0.2, 0.25) is 0 Å². The number of rotatable bonds is 5. The van der Waals surface area contributed by atoms with E-state index in [1.165, 1.54) is 0 Å². The summed E-state index contributed by atoms with van der Waals surface area (Å²) in [6.07, 6.45) is 2.06. The zero-order valence-electron chi connectivity index (χ0n) is 19.8. The first-order chi connectivity index (χ1) is 17.2. The van der Waals surface area contributed by atoms with Crippen LogP contribution in [0.15, 0.2) is 84.9 Å². The summed E-state index contributed by atoms with van der Waals surface area (Å²) in [5.41, 5.74) is 1.67. The predicted octanol–water partition coefficient (Wildman–Crippen LogP) is 4.26. The summed E-state index contributed by atoms with van der Waals surface area (Å²) in [6.45, 7) is 3.82. The fourth-order valence-electron chi connectivity index (χ4n) is 5.75. The number of ether oxygens (including phenoxy) is 2. The first-order valence-corrected chi connectivity index (χ1v) is 12.5. The van der Waals surface area contributed by atoms with Crippen LogP contribution >= 0.6 is 0 Å². The quantitative estimate of drug-likeness (QED) is 0.607. The average Bonchev–Trinajstić information content (AvgIpc) is 3.28. The van der Waals surface area contributed by atoms with E-state index >= 15 is 0 Å². The highest BCUT2D eigenvalue weighted by Crippen LogP contribution is 2.37. The summed E-state index contributed by atoms with van der Waals surface area (Å²) in [5.74, 6) is 1.62. The molecule has 3 aromatic rings. The Labute approximate surface area is 206 Å². The van der Waals surface area contributed by atoms with Gasteiger partial charge in [0.05, 0.1) is 6.54 Å². The molecule has 35 heavy (non-hydrogen) atoms. The molecule has 6 heteroatoms. The first-order valence-electron chi connectivity index (χ1n) is 12.5. The van der Waals surface area contributed by atoms with E-state index < -0.39 is 5.54 Å². The van der Waals surface area contributed by atoms with Crippen LogP contribution < -0.4 is 14.8 Å². The van der Waals surface area contributed by atoms with Crippen LogP contribution in [0.5, 0.6) is 11.5 Å². The fourth-order valence-corrected chi connectivity index (χ4v) is 5.75. The van der Waals surface area contributed by atoms with Crippen LogP contribution in [-0.2, 0) is 5.54 Å². The molecule has 0 saturated carbocycles. The fraction of sp³-hybridized carbons (Fsp3) is 0.345. The molecule has 0 aliphatic carbocycles. The minimum atomic E-state index is -0.550. The first kappa shape index (κ1) is 22.0. The molecule has 2 amide bonds. The molecule has 6 nitrogen and oxygen atoms in total. The lowest BCUT2D eigenvalue weighted by Crippen LogP contribution is -2.52. The van der Waals surface area contributed by atoms with Crippen molar-refractivity contribution in [1.29, 1.82) is 0 Å². The SMILES string of the molecule is O=C1NC(c2ccccc2)(c2ccccc2)CN1C1CCCN(CC2COc3ccccc3O2)C1. The lowest BCUT2D eigenvalue weighted by molar-refractivity contribution is 0.0398. The van der Waals surface area contributed by atoms with Crippen molar-refractivity contribution in [2.45, 2.75) is 30.5 Å². The molecule has 2 saturated heterocycles. The van der Waals surface area contributed by atoms with E-state index in [1.807, 2.05) is 60.7 Å². The normalized spacial score (nSPS) is 23.7. The van der Waals surface area contributed by atoms with Crippen LogP contribution in [0, 0.1) is 0 Å². The van der Waals surface area contributed by atoms with Gasteiger partial charge in [-0.15, -0.1) is 0 Å². The predicted molar refractivity (Wildman–Crippen MR) is 135 cm³/mol. The van der Waals surface area contributed by atoms with Crippen LogP contribution in [0.1, 0.15) is 24.0 Å². The Morgan fingerprint density at radius 3 is 2.26 bits per heavy atom. The van der Waals surface area contributed by atoms with Gasteiger partial charge in [-0.25, -0.2) is 4.79 Å². The van der Waals surface area contributed by atoms with Gasteiger partial charge in [0.25, 0.3) is 0 Å². The molecule has 0 bridgehead atoms. The number of nitrogens with zero attached hydrogens (tertiary/aromatic N) is 2. The summed E-state index contributed by atoms with van der Waals surface area (Å²) < 4.78 is 12.1. The van der Waals surface area contributed by atoms with Gasteiger partial charge in [-0.3, -0.25) is 4.90 Å². The Morgan fingerprint density at radius 1 is 0.886 bits per heavy atom. The number of nitrogens with one attached hydrogen (secondary N) is 1. The van der Waals surface area contributed by atoms with E-state index in [2.05, 4.69) is 39.4 Å². The molecular formula is C29H31N3O3. The van der Waals surface area contributed by atoms with E-state index in [4.69, 9.17) is 9.47 Å². The van der Waals surface area contributed by atoms with Gasteiger partial charge in [-0.1, -0.05) is 72.8 Å². The number of para-hydroxylation sites is 2. The molecule has 0 spiro atoms. The van der Waals surface area contributed by atoms with Gasteiger partial charge in [0, 0.05) is 19.1 Å². The lowest BCUT2D eigenvalue weighted by Gasteiger charge is -2.39. The van der Waals surface area contributed by atoms with E-state index in [0.717, 1.165) is 55.1 Å². The number of likely N-dealkylation sites (tertiary alicyclic amines) is 1. The Balaban J connectivity index is 1.19. The van der Waals surface area contributed by atoms with Gasteiger partial charge in [0.1, 0.15) is 18.2 Å². The molecule has 0 aromatic heterocycles. The minimum Gasteiger partial charge on any atom is -0.486 e. The third kappa shape index (κ3) is 4.23. The van der Waals surface area contributed by atoms with Crippen LogP contribution in [-0.4, -0.2) is 60.8 Å². The monoisotopic (exact) mass is 469 g/mol. The molecule has 0 radical (unpaired) electrons. The second-order valence-electron chi connectivity index (χ2n) is 9.75. The molecule has 3 aromatic carbocycles. The van der Waals surface area contributed by atoms with E-state index in [0.29, 0.717) is 13.2 Å². The Bertz CT molecular complexity index is 1130. The van der Waals surface area contributed by atoms with Gasteiger partial charge in [-0.05, 0) is 42.6 Å². The van der Waals surface area contributed by atoms with Gasteiger partial charge in [-0.2, -0.15) is 0 Å². The van der Waals surface area contributed by atoms with E-state index in [1.54, 1.807) is 0 Å². The lowest BCUT2D eigenvalue weighted by atomic mass is 9.83. The number of carbonyl (C=O) groups is 1. The molecule has 3 heterocycles. The number of urea groups is 1. The Morgan fingerprint density at radius 2 is 1.54 bits per heavy atom. The van der Waals surface area contributed by atoms with Crippen molar-refractivity contribution >= 4 is 6.03 Å². The molecule has 2 atom stereocenters. The second kappa shape index (κ2) is 9.27. The van der Waals surface area contributed by atoms with Crippen molar-refractivity contribution < 1.29 is 14.3 Å². The van der Waals surface area contributed by atoms with Crippen molar-refractivity contribution in [3.63, 3.8) is 0 Å². The highest BCUT2D eigenvalue weighted by Gasteiger charge is 2.47. The molecule has 6 rings (SSSR count). The molecule has 1 N–H and O–H groups in total. The van der Waals surface area contributed by atoms with Gasteiger partial charge < -0.3 is 19.7 Å². The number of hydrogen-bond acceptors (Lipinski definition) is 4. The average molecular weight is 470 g/mol. The largest absolute Gasteiger partial charge is 0.486 e. The molecule has 3 aliphatic rings. The second-order valence-corrected chi connectivity index (χ2v) is 9.75. The maximum absolute atomic E-state index is 13.4. The summed E-state index contributed by atoms with van der Waals surface area (Å²) in [5, 5.41) is 3.38. The molecule has 3 aliphatic heterocycles. The smallest absolute Gasteiger partial charge is 0.318 e. The van der Waals surface area contributed by atoms with E-state index in [9.17, 15) is 4.79 Å². The number of hydrogen-bond donors (Lipinski definition) is 1. The zero-order valence-corrected chi connectivity index (χ0v) is 19.8. The number of amides is 2. The zero-order chi connectivity index (χ0) is 23.7. The number of carbonyl (C=O) groups excluding carboxylic acids is 1. The number of benzene rings is 3. The maximum Gasteiger partial charge on any atom is 0.318 e. The highest BCUT2D eigenvalue weighted by atomic mass is 16.6. The summed E-state index contributed by atoms with van der Waals surface area (Å²) in [7, 11) is 0. The van der Waals surface area contributed by atoms with Gasteiger partial charge >= 0.3 is 6.03 Å². The van der Waals surface area contributed by atoms with E-state index in [-0.39, 0.29) is 18.2 Å². The molecule has 2 fully saturated rings. The maximum atomic E-state index is 13.4. The van der Waals surface area contributed by atoms with Crippen molar-refractivity contribution in [1.82, 2.24) is 15.1 Å². The molecular weight excluding hydrogens is 438 g/mol. The third-order valence-corrected chi connectivity index (χ3v) is 7.47. The van der Waals surface area contributed by atoms with Crippen molar-refractivity contribution in [3.05, 3.63) is 96.1 Å². The van der Waals surface area contributed by atoms with Crippen molar-refractivity contribution in [2.75, 3.05) is 32.8 Å². The van der Waals surface area contributed by atoms with Crippen LogP contribution in [0.4, 0.5) is 4.79 Å². The standard InChI is InChI=1S/C29H31N3O3/c33-28-30-29(22-10-3-1-4-11-22,23-12-5-2-6-13-23)21-32(28)24-14-9-17-31(18-24)19-25-20-34-26-15-7-8-16-27(26)35-25/h1-8,10-13,15-16,24-25H,9,14,17-21H2,(H,30,33). The van der Waals surface area contributed by atoms with Crippen LogP contribution in [0.25, 0.3) is 0 Å². The third-order valence-electron chi connectivity index (χ3n) is 7.47. The summed E-state index contributed by atoms with van der Waals surface area (Å²) in [6, 6.07) is 28.7. The highest BCUT2D eigenvalue weighted by molar-refractivity contribution is 5.80. The molecule has 2 unspecified atom stereocenters. The number of piperidine rings is 1. The number of fused-ring (bicyclic) bond motifs is 1. The topological polar surface area (TPSA) is 54.0 Å². The van der Waals surface area contributed by atoms with Gasteiger partial charge in [0.15, 0.2) is 11.5 Å². The van der Waals surface area contributed by atoms with Crippen LogP contribution in [0.3, 0.4) is 0 Å². The Kier molecular flexibility index (Phi) is 5.82. The van der Waals surface area contributed by atoms with Crippen molar-refractivity contribution in [2.24, 2.45) is 0 Å². The molecule has 180 valence electrons. The Hall–Kier alpha value is -3.51.